The molecule has 3 aromatic rings. The van der Waals surface area contributed by atoms with Crippen molar-refractivity contribution in [2.75, 3.05) is 44.3 Å². The molecule has 166 valence electrons. The van der Waals surface area contributed by atoms with Crippen molar-refractivity contribution >= 4 is 32.6 Å². The van der Waals surface area contributed by atoms with Crippen molar-refractivity contribution in [3.8, 4) is 0 Å². The van der Waals surface area contributed by atoms with Crippen molar-refractivity contribution in [3.63, 3.8) is 0 Å². The van der Waals surface area contributed by atoms with E-state index in [2.05, 4.69) is 36.0 Å². The first kappa shape index (κ1) is 21.9. The topological polar surface area (TPSA) is 63.5 Å². The Morgan fingerprint density at radius 1 is 1.23 bits per heavy atom. The Morgan fingerprint density at radius 2 is 2.00 bits per heavy atom. The molecule has 4 rings (SSSR count). The van der Waals surface area contributed by atoms with Crippen LogP contribution in [0.1, 0.15) is 47.9 Å². The highest BCUT2D eigenvalue weighted by molar-refractivity contribution is 7.22. The Bertz CT molecular complexity index is 1050. The van der Waals surface area contributed by atoms with E-state index in [4.69, 9.17) is 9.72 Å². The first-order valence-corrected chi connectivity index (χ1v) is 11.8. The van der Waals surface area contributed by atoms with E-state index < -0.39 is 0 Å². The predicted octanol–water partition coefficient (Wildman–Crippen LogP) is 4.06. The summed E-state index contributed by atoms with van der Waals surface area (Å²) in [6.45, 7) is 13.3. The lowest BCUT2D eigenvalue weighted by atomic mass is 10.1. The van der Waals surface area contributed by atoms with Crippen LogP contribution >= 0.6 is 11.3 Å². The molecule has 0 atom stereocenters. The van der Waals surface area contributed by atoms with Gasteiger partial charge in [0.05, 0.1) is 23.4 Å². The third-order valence-electron chi connectivity index (χ3n) is 5.89. The highest BCUT2D eigenvalue weighted by Gasteiger charge is 2.25. The second kappa shape index (κ2) is 9.46. The Hall–Kier alpha value is -2.29. The highest BCUT2D eigenvalue weighted by atomic mass is 32.1. The second-order valence-electron chi connectivity index (χ2n) is 8.37. The number of thiazole rings is 1. The van der Waals surface area contributed by atoms with Crippen LogP contribution in [0.25, 0.3) is 10.2 Å². The number of hydrogen-bond donors (Lipinski definition) is 0. The molecule has 3 heterocycles. The normalized spacial score (nSPS) is 15.1. The zero-order chi connectivity index (χ0) is 22.0. The van der Waals surface area contributed by atoms with Gasteiger partial charge in [-0.1, -0.05) is 17.4 Å². The van der Waals surface area contributed by atoms with Crippen molar-refractivity contribution in [3.05, 3.63) is 41.2 Å². The van der Waals surface area contributed by atoms with E-state index in [1.165, 1.54) is 11.1 Å². The van der Waals surface area contributed by atoms with Gasteiger partial charge in [-0.2, -0.15) is 5.10 Å². The minimum Gasteiger partial charge on any atom is -0.379 e. The number of fused-ring (bicyclic) bond motifs is 1. The third-order valence-corrected chi connectivity index (χ3v) is 6.93. The fourth-order valence-corrected chi connectivity index (χ4v) is 4.97. The van der Waals surface area contributed by atoms with Gasteiger partial charge in [0, 0.05) is 38.4 Å². The van der Waals surface area contributed by atoms with Crippen LogP contribution < -0.4 is 4.90 Å². The molecule has 0 N–H and O–H groups in total. The molecule has 31 heavy (non-hydrogen) atoms. The Kier molecular flexibility index (Phi) is 6.69. The summed E-state index contributed by atoms with van der Waals surface area (Å²) in [6.07, 6.45) is 2.58. The molecule has 1 fully saturated rings. The van der Waals surface area contributed by atoms with Crippen LogP contribution in [0.3, 0.4) is 0 Å². The summed E-state index contributed by atoms with van der Waals surface area (Å²) >= 11 is 1.58. The lowest BCUT2D eigenvalue weighted by molar-refractivity contribution is 0.0376. The number of morpholine rings is 1. The molecule has 0 spiro atoms. The minimum atomic E-state index is -0.0402. The summed E-state index contributed by atoms with van der Waals surface area (Å²) < 4.78 is 8.35. The molecule has 1 aliphatic heterocycles. The molecule has 0 saturated carbocycles. The maximum absolute atomic E-state index is 13.6. The molecule has 1 saturated heterocycles. The molecule has 1 aliphatic rings. The van der Waals surface area contributed by atoms with Gasteiger partial charge in [0.25, 0.3) is 5.91 Å². The van der Waals surface area contributed by atoms with Gasteiger partial charge in [-0.05, 0) is 57.4 Å². The summed E-state index contributed by atoms with van der Waals surface area (Å²) in [7, 11) is 0. The van der Waals surface area contributed by atoms with Gasteiger partial charge >= 0.3 is 0 Å². The number of ether oxygens (including phenoxy) is 1. The average Bonchev–Trinajstić information content (AvgIpc) is 3.42. The number of carbonyl (C=O) groups excluding carboxylic acids is 1. The van der Waals surface area contributed by atoms with Gasteiger partial charge in [-0.25, -0.2) is 4.98 Å². The number of carbonyl (C=O) groups is 1. The predicted molar refractivity (Wildman–Crippen MR) is 125 cm³/mol. The van der Waals surface area contributed by atoms with Crippen LogP contribution in [0.15, 0.2) is 24.4 Å². The SMILES string of the molecule is Cc1ccc2sc(N(CCCN3CCOCC3)C(=O)c3ccnn3C(C)C)nc2c1C. The standard InChI is InChI=1S/C23H31N5O2S/c1-16(2)28-19(8-9-24-28)22(29)27(11-5-10-26-12-14-30-15-13-26)23-25-21-18(4)17(3)6-7-20(21)31-23/h6-9,16H,5,10-15H2,1-4H3. The van der Waals surface area contributed by atoms with E-state index in [-0.39, 0.29) is 11.9 Å². The number of anilines is 1. The number of rotatable bonds is 7. The number of aromatic nitrogens is 3. The number of aryl methyl sites for hydroxylation is 2. The van der Waals surface area contributed by atoms with Crippen molar-refractivity contribution in [1.82, 2.24) is 19.7 Å². The maximum Gasteiger partial charge on any atom is 0.278 e. The lowest BCUT2D eigenvalue weighted by Gasteiger charge is -2.28. The van der Waals surface area contributed by atoms with Crippen LogP contribution in [0.4, 0.5) is 5.13 Å². The molecule has 8 heteroatoms. The van der Waals surface area contributed by atoms with Crippen molar-refractivity contribution in [1.29, 1.82) is 0 Å². The molecular weight excluding hydrogens is 410 g/mol. The van der Waals surface area contributed by atoms with Crippen molar-refractivity contribution < 1.29 is 9.53 Å². The second-order valence-corrected chi connectivity index (χ2v) is 9.38. The summed E-state index contributed by atoms with van der Waals surface area (Å²) in [4.78, 5) is 22.8. The Morgan fingerprint density at radius 3 is 2.74 bits per heavy atom. The first-order valence-electron chi connectivity index (χ1n) is 11.0. The summed E-state index contributed by atoms with van der Waals surface area (Å²) in [5.74, 6) is -0.0402. The van der Waals surface area contributed by atoms with E-state index in [1.54, 1.807) is 28.3 Å². The Balaban J connectivity index is 1.62. The molecule has 2 aromatic heterocycles. The smallest absolute Gasteiger partial charge is 0.278 e. The van der Waals surface area contributed by atoms with Crippen molar-refractivity contribution in [2.24, 2.45) is 0 Å². The number of benzene rings is 1. The van der Waals surface area contributed by atoms with Gasteiger partial charge in [-0.3, -0.25) is 19.3 Å². The average molecular weight is 442 g/mol. The fourth-order valence-electron chi connectivity index (χ4n) is 3.92. The molecular formula is C23H31N5O2S. The molecule has 7 nitrogen and oxygen atoms in total. The Labute approximate surface area is 187 Å². The van der Waals surface area contributed by atoms with E-state index in [0.717, 1.165) is 54.6 Å². The molecule has 1 aromatic carbocycles. The summed E-state index contributed by atoms with van der Waals surface area (Å²) in [5, 5.41) is 5.12. The number of hydrogen-bond acceptors (Lipinski definition) is 6. The van der Waals surface area contributed by atoms with E-state index >= 15 is 0 Å². The van der Waals surface area contributed by atoms with Gasteiger partial charge in [0.1, 0.15) is 5.69 Å². The van der Waals surface area contributed by atoms with Crippen LogP contribution in [0.2, 0.25) is 0 Å². The number of nitrogens with zero attached hydrogens (tertiary/aromatic N) is 5. The molecule has 0 aliphatic carbocycles. The molecule has 0 bridgehead atoms. The molecule has 0 unspecified atom stereocenters. The van der Waals surface area contributed by atoms with Crippen LogP contribution in [-0.4, -0.2) is 65.0 Å². The number of amides is 1. The van der Waals surface area contributed by atoms with Crippen LogP contribution in [-0.2, 0) is 4.74 Å². The monoisotopic (exact) mass is 441 g/mol. The van der Waals surface area contributed by atoms with E-state index in [9.17, 15) is 4.79 Å². The first-order chi connectivity index (χ1) is 15.0. The zero-order valence-corrected chi connectivity index (χ0v) is 19.6. The summed E-state index contributed by atoms with van der Waals surface area (Å²) in [6, 6.07) is 6.15. The quantitative estimate of drug-likeness (QED) is 0.553. The third kappa shape index (κ3) is 4.66. The fraction of sp³-hybridized carbons (Fsp3) is 0.522. The van der Waals surface area contributed by atoms with Gasteiger partial charge in [-0.15, -0.1) is 0 Å². The molecule has 1 amide bonds. The maximum atomic E-state index is 13.6. The van der Waals surface area contributed by atoms with Gasteiger partial charge in [0.2, 0.25) is 0 Å². The van der Waals surface area contributed by atoms with Crippen LogP contribution in [0, 0.1) is 13.8 Å². The van der Waals surface area contributed by atoms with E-state index in [0.29, 0.717) is 12.2 Å². The lowest BCUT2D eigenvalue weighted by Crippen LogP contribution is -2.39. The summed E-state index contributed by atoms with van der Waals surface area (Å²) in [5.41, 5.74) is 3.98. The zero-order valence-electron chi connectivity index (χ0n) is 18.8. The van der Waals surface area contributed by atoms with Gasteiger partial charge in [0.15, 0.2) is 5.13 Å². The largest absolute Gasteiger partial charge is 0.379 e. The minimum absolute atomic E-state index is 0.0402. The van der Waals surface area contributed by atoms with Crippen molar-refractivity contribution in [2.45, 2.75) is 40.2 Å². The molecule has 0 radical (unpaired) electrons. The van der Waals surface area contributed by atoms with Gasteiger partial charge < -0.3 is 4.74 Å². The van der Waals surface area contributed by atoms with Crippen LogP contribution in [0.5, 0.6) is 0 Å². The highest BCUT2D eigenvalue weighted by Crippen LogP contribution is 2.33. The van der Waals surface area contributed by atoms with E-state index in [1.807, 2.05) is 18.7 Å².